The van der Waals surface area contributed by atoms with Gasteiger partial charge in [0.05, 0.1) is 22.6 Å². The molecular weight excluding hydrogens is 427 g/mol. The molecule has 0 saturated carbocycles. The first-order valence-electron chi connectivity index (χ1n) is 8.71. The van der Waals surface area contributed by atoms with Crippen molar-refractivity contribution < 1.29 is 14.6 Å². The zero-order valence-electron chi connectivity index (χ0n) is 15.5. The van der Waals surface area contributed by atoms with E-state index in [4.69, 9.17) is 27.9 Å². The van der Waals surface area contributed by atoms with E-state index in [1.807, 2.05) is 30.3 Å². The van der Waals surface area contributed by atoms with Gasteiger partial charge in [-0.3, -0.25) is 4.79 Å². The first kappa shape index (κ1) is 21.3. The predicted molar refractivity (Wildman–Crippen MR) is 116 cm³/mol. The number of aromatic hydroxyl groups is 1. The summed E-state index contributed by atoms with van der Waals surface area (Å²) in [4.78, 5) is 11.9. The monoisotopic (exact) mass is 442 g/mol. The number of amides is 1. The van der Waals surface area contributed by atoms with Crippen LogP contribution in [-0.4, -0.2) is 23.8 Å². The fourth-order valence-electron chi connectivity index (χ4n) is 2.26. The van der Waals surface area contributed by atoms with Gasteiger partial charge in [-0.2, -0.15) is 15.3 Å². The number of ether oxygens (including phenoxy) is 1. The lowest BCUT2D eigenvalue weighted by molar-refractivity contribution is -0.123. The number of hydrogen-bond acceptors (Lipinski definition) is 6. The summed E-state index contributed by atoms with van der Waals surface area (Å²) >= 11 is 11.8. The van der Waals surface area contributed by atoms with Crippen molar-refractivity contribution in [1.82, 2.24) is 5.43 Å². The van der Waals surface area contributed by atoms with Gasteiger partial charge in [-0.05, 0) is 48.5 Å². The van der Waals surface area contributed by atoms with Gasteiger partial charge in [0.25, 0.3) is 5.91 Å². The molecule has 0 aliphatic heterocycles. The van der Waals surface area contributed by atoms with Crippen LogP contribution in [0.2, 0.25) is 10.0 Å². The average Bonchev–Trinajstić information content (AvgIpc) is 2.74. The Morgan fingerprint density at radius 2 is 1.77 bits per heavy atom. The summed E-state index contributed by atoms with van der Waals surface area (Å²) in [5.74, 6) is -0.193. The minimum Gasteiger partial charge on any atom is -0.507 e. The lowest BCUT2D eigenvalue weighted by Crippen LogP contribution is -2.24. The quantitative estimate of drug-likeness (QED) is 0.281. The van der Waals surface area contributed by atoms with E-state index in [0.29, 0.717) is 32.7 Å². The molecule has 0 saturated heterocycles. The second-order valence-corrected chi connectivity index (χ2v) is 6.78. The van der Waals surface area contributed by atoms with Gasteiger partial charge in [0.15, 0.2) is 6.61 Å². The van der Waals surface area contributed by atoms with E-state index in [0.717, 1.165) is 0 Å². The van der Waals surface area contributed by atoms with Gasteiger partial charge < -0.3 is 9.84 Å². The Hall–Kier alpha value is -3.42. The number of benzene rings is 3. The molecule has 0 aromatic heterocycles. The number of halogens is 2. The van der Waals surface area contributed by atoms with E-state index >= 15 is 0 Å². The zero-order valence-corrected chi connectivity index (χ0v) is 17.0. The molecule has 0 unspecified atom stereocenters. The van der Waals surface area contributed by atoms with E-state index < -0.39 is 5.91 Å². The van der Waals surface area contributed by atoms with Gasteiger partial charge in [-0.25, -0.2) is 5.43 Å². The number of hydrazone groups is 1. The minimum absolute atomic E-state index is 0.0177. The molecule has 30 heavy (non-hydrogen) atoms. The number of azo groups is 1. The van der Waals surface area contributed by atoms with Crippen LogP contribution in [0.5, 0.6) is 11.5 Å². The Morgan fingerprint density at radius 1 is 1.00 bits per heavy atom. The summed E-state index contributed by atoms with van der Waals surface area (Å²) < 4.78 is 5.32. The Bertz CT molecular complexity index is 1090. The normalized spacial score (nSPS) is 11.1. The third-order valence-electron chi connectivity index (χ3n) is 3.69. The summed E-state index contributed by atoms with van der Waals surface area (Å²) in [6.45, 7) is -0.296. The van der Waals surface area contributed by atoms with Crippen LogP contribution < -0.4 is 10.2 Å². The van der Waals surface area contributed by atoms with E-state index in [1.165, 1.54) is 18.3 Å². The van der Waals surface area contributed by atoms with Crippen molar-refractivity contribution in [2.75, 3.05) is 6.61 Å². The lowest BCUT2D eigenvalue weighted by Gasteiger charge is -2.07. The van der Waals surface area contributed by atoms with Crippen LogP contribution in [0.3, 0.4) is 0 Å². The molecule has 3 aromatic rings. The molecule has 0 radical (unpaired) electrons. The number of nitrogens with one attached hydrogen (secondary N) is 1. The van der Waals surface area contributed by atoms with Crippen molar-refractivity contribution in [2.24, 2.45) is 15.3 Å². The first-order valence-corrected chi connectivity index (χ1v) is 9.46. The second-order valence-electron chi connectivity index (χ2n) is 5.94. The van der Waals surface area contributed by atoms with Crippen LogP contribution >= 0.6 is 23.2 Å². The Morgan fingerprint density at radius 3 is 2.53 bits per heavy atom. The summed E-state index contributed by atoms with van der Waals surface area (Å²) in [7, 11) is 0. The molecule has 0 bridgehead atoms. The number of nitrogens with zero attached hydrogens (tertiary/aromatic N) is 3. The van der Waals surface area contributed by atoms with Crippen LogP contribution in [0.1, 0.15) is 5.56 Å². The summed E-state index contributed by atoms with van der Waals surface area (Å²) in [6, 6.07) is 18.6. The number of phenols is 1. The molecule has 0 spiro atoms. The van der Waals surface area contributed by atoms with Crippen molar-refractivity contribution in [3.63, 3.8) is 0 Å². The van der Waals surface area contributed by atoms with Crippen LogP contribution in [0.25, 0.3) is 0 Å². The highest BCUT2D eigenvalue weighted by atomic mass is 35.5. The molecule has 1 amide bonds. The van der Waals surface area contributed by atoms with Gasteiger partial charge in [-0.15, -0.1) is 0 Å². The van der Waals surface area contributed by atoms with Crippen LogP contribution in [0.4, 0.5) is 11.4 Å². The summed E-state index contributed by atoms with van der Waals surface area (Å²) in [5, 5.41) is 22.8. The SMILES string of the molecule is O=C(COc1ccc(Cl)cc1Cl)N/N=C/c1cc(N=Nc2ccccc2)ccc1O. The van der Waals surface area contributed by atoms with Gasteiger partial charge >= 0.3 is 0 Å². The van der Waals surface area contributed by atoms with E-state index in [9.17, 15) is 9.90 Å². The number of carbonyl (C=O) groups excluding carboxylic acids is 1. The molecule has 3 aromatic carbocycles. The van der Waals surface area contributed by atoms with Crippen molar-refractivity contribution in [2.45, 2.75) is 0 Å². The molecule has 152 valence electrons. The fraction of sp³-hybridized carbons (Fsp3) is 0.0476. The lowest BCUT2D eigenvalue weighted by atomic mass is 10.2. The fourth-order valence-corrected chi connectivity index (χ4v) is 2.72. The molecule has 0 aliphatic rings. The molecule has 9 heteroatoms. The first-order chi connectivity index (χ1) is 14.5. The Balaban J connectivity index is 1.57. The van der Waals surface area contributed by atoms with Crippen molar-refractivity contribution in [3.05, 3.63) is 82.3 Å². The van der Waals surface area contributed by atoms with Gasteiger partial charge in [0, 0.05) is 10.6 Å². The number of carbonyl (C=O) groups is 1. The van der Waals surface area contributed by atoms with Crippen LogP contribution in [0, 0.1) is 0 Å². The third-order valence-corrected chi connectivity index (χ3v) is 4.22. The standard InChI is InChI=1S/C21H16Cl2N4O3/c22-15-6-9-20(18(23)11-15)30-13-21(29)27-24-12-14-10-17(7-8-19(14)28)26-25-16-4-2-1-3-5-16/h1-12,28H,13H2,(H,27,29)/b24-12+,26-25?. The van der Waals surface area contributed by atoms with Crippen molar-refractivity contribution in [1.29, 1.82) is 0 Å². The maximum absolute atomic E-state index is 11.9. The summed E-state index contributed by atoms with van der Waals surface area (Å²) in [5.41, 5.74) is 3.89. The molecule has 0 heterocycles. The summed E-state index contributed by atoms with van der Waals surface area (Å²) in [6.07, 6.45) is 1.30. The van der Waals surface area contributed by atoms with E-state index in [2.05, 4.69) is 20.8 Å². The van der Waals surface area contributed by atoms with Crippen LogP contribution in [-0.2, 0) is 4.79 Å². The van der Waals surface area contributed by atoms with E-state index in [-0.39, 0.29) is 12.4 Å². The van der Waals surface area contributed by atoms with Gasteiger partial charge in [-0.1, -0.05) is 41.4 Å². The molecule has 3 rings (SSSR count). The molecular formula is C21H16Cl2N4O3. The van der Waals surface area contributed by atoms with Gasteiger partial charge in [0.2, 0.25) is 0 Å². The molecule has 0 atom stereocenters. The molecule has 7 nitrogen and oxygen atoms in total. The maximum Gasteiger partial charge on any atom is 0.277 e. The van der Waals surface area contributed by atoms with E-state index in [1.54, 1.807) is 24.3 Å². The maximum atomic E-state index is 11.9. The highest BCUT2D eigenvalue weighted by Crippen LogP contribution is 2.27. The molecule has 0 fully saturated rings. The van der Waals surface area contributed by atoms with Crippen molar-refractivity contribution in [3.8, 4) is 11.5 Å². The van der Waals surface area contributed by atoms with Crippen LogP contribution in [0.15, 0.2) is 82.1 Å². The topological polar surface area (TPSA) is 95.6 Å². The smallest absolute Gasteiger partial charge is 0.277 e. The largest absolute Gasteiger partial charge is 0.507 e. The number of hydrogen-bond donors (Lipinski definition) is 2. The zero-order chi connectivity index (χ0) is 21.3. The average molecular weight is 443 g/mol. The molecule has 0 aliphatic carbocycles. The number of phenolic OH excluding ortho intramolecular Hbond substituents is 1. The minimum atomic E-state index is -0.503. The molecule has 2 N–H and O–H groups in total. The number of rotatable bonds is 7. The highest BCUT2D eigenvalue weighted by Gasteiger charge is 2.06. The Kier molecular flexibility index (Phi) is 7.37. The Labute approximate surface area is 182 Å². The third kappa shape index (κ3) is 6.30. The predicted octanol–water partition coefficient (Wildman–Crippen LogP) is 5.64. The highest BCUT2D eigenvalue weighted by molar-refractivity contribution is 6.35. The van der Waals surface area contributed by atoms with Gasteiger partial charge in [0.1, 0.15) is 11.5 Å². The van der Waals surface area contributed by atoms with Crippen molar-refractivity contribution >= 4 is 46.7 Å². The second kappa shape index (κ2) is 10.4.